The molecule has 0 aromatic rings. The number of rotatable bonds is 2. The van der Waals surface area contributed by atoms with Crippen LogP contribution in [0.1, 0.15) is 46.5 Å². The molecule has 1 saturated carbocycles. The van der Waals surface area contributed by atoms with E-state index >= 15 is 0 Å². The van der Waals surface area contributed by atoms with Crippen LogP contribution in [0.25, 0.3) is 0 Å². The number of aliphatic hydroxyl groups excluding tert-OH is 1. The third-order valence-electron chi connectivity index (χ3n) is 2.76. The normalized spacial score (nSPS) is 23.6. The molecule has 0 radical (unpaired) electrons. The average Bonchev–Trinajstić information content (AvgIpc) is 2.34. The van der Waals surface area contributed by atoms with Gasteiger partial charge in [0.1, 0.15) is 0 Å². The molecule has 4 N–H and O–H groups in total. The molecule has 0 bridgehead atoms. The lowest BCUT2D eigenvalue weighted by molar-refractivity contribution is -0.133. The predicted octanol–water partition coefficient (Wildman–Crippen LogP) is 1.97. The predicted molar refractivity (Wildman–Crippen MR) is 80.0 cm³/mol. The molecule has 0 atom stereocenters. The number of hydrogen-bond donors (Lipinski definition) is 4. The van der Waals surface area contributed by atoms with Crippen molar-refractivity contribution in [3.05, 3.63) is 24.3 Å². The highest BCUT2D eigenvalue weighted by Crippen LogP contribution is 2.27. The summed E-state index contributed by atoms with van der Waals surface area (Å²) in [5, 5.41) is 34.2. The average molecular weight is 302 g/mol. The van der Waals surface area contributed by atoms with Crippen molar-refractivity contribution >= 4 is 11.9 Å². The van der Waals surface area contributed by atoms with Crippen molar-refractivity contribution in [2.45, 2.75) is 58.2 Å². The number of carbonyl (C=O) groups is 2. The van der Waals surface area contributed by atoms with Gasteiger partial charge in [0.15, 0.2) is 0 Å². The zero-order valence-electron chi connectivity index (χ0n) is 12.9. The molecule has 122 valence electrons. The summed E-state index contributed by atoms with van der Waals surface area (Å²) in [6.07, 6.45) is 2.84. The van der Waals surface area contributed by atoms with Crippen LogP contribution >= 0.6 is 0 Å². The topological polar surface area (TPSA) is 115 Å². The minimum absolute atomic E-state index is 0.162. The van der Waals surface area contributed by atoms with Crippen molar-refractivity contribution in [2.24, 2.45) is 0 Å². The third kappa shape index (κ3) is 14.6. The number of carboxylic acids is 2. The second-order valence-electron chi connectivity index (χ2n) is 5.40. The molecule has 0 unspecified atom stereocenters. The number of aliphatic carboxylic acids is 2. The smallest absolute Gasteiger partial charge is 0.330 e. The minimum atomic E-state index is -0.935. The van der Waals surface area contributed by atoms with Gasteiger partial charge in [0, 0.05) is 11.1 Å². The maximum atomic E-state index is 9.60. The molecule has 0 amide bonds. The molecule has 6 heteroatoms. The van der Waals surface area contributed by atoms with Crippen LogP contribution in [-0.2, 0) is 9.59 Å². The van der Waals surface area contributed by atoms with Crippen molar-refractivity contribution in [1.82, 2.24) is 0 Å². The number of aliphatic hydroxyl groups is 2. The molecule has 0 aromatic carbocycles. The lowest BCUT2D eigenvalue weighted by Crippen LogP contribution is -2.32. The first-order valence-electron chi connectivity index (χ1n) is 6.57. The van der Waals surface area contributed by atoms with Crippen LogP contribution < -0.4 is 0 Å². The van der Waals surface area contributed by atoms with Crippen molar-refractivity contribution in [3.8, 4) is 0 Å². The van der Waals surface area contributed by atoms with Gasteiger partial charge in [0.25, 0.3) is 0 Å². The van der Waals surface area contributed by atoms with Crippen LogP contribution in [0, 0.1) is 0 Å². The first-order chi connectivity index (χ1) is 9.39. The molecule has 1 fully saturated rings. The van der Waals surface area contributed by atoms with Crippen molar-refractivity contribution in [1.29, 1.82) is 0 Å². The fourth-order valence-electron chi connectivity index (χ4n) is 1.22. The van der Waals surface area contributed by atoms with Crippen LogP contribution in [-0.4, -0.2) is 44.1 Å². The standard InChI is InChI=1S/C7H14O2.2C4H6O2/c1-7(9)4-2-6(8)3-5-7;2*1-3(2)4(5)6/h6,8-9H,2-5H2,1H3;2*1H2,2H3,(H,5,6). The molecule has 0 aromatic heterocycles. The highest BCUT2D eigenvalue weighted by atomic mass is 16.4. The highest BCUT2D eigenvalue weighted by molar-refractivity contribution is 5.85. The summed E-state index contributed by atoms with van der Waals surface area (Å²) in [7, 11) is 0. The van der Waals surface area contributed by atoms with Crippen LogP contribution in [0.2, 0.25) is 0 Å². The zero-order valence-corrected chi connectivity index (χ0v) is 12.9. The fraction of sp³-hybridized carbons (Fsp3) is 0.600. The maximum absolute atomic E-state index is 9.60. The summed E-state index contributed by atoms with van der Waals surface area (Å²) in [4.78, 5) is 19.2. The van der Waals surface area contributed by atoms with Gasteiger partial charge in [-0.3, -0.25) is 0 Å². The Labute approximate surface area is 125 Å². The first kappa shape index (κ1) is 21.6. The van der Waals surface area contributed by atoms with Crippen molar-refractivity contribution < 1.29 is 30.0 Å². The molecule has 1 rings (SSSR count). The summed E-state index contributed by atoms with van der Waals surface area (Å²) in [6, 6.07) is 0. The van der Waals surface area contributed by atoms with Gasteiger partial charge in [-0.15, -0.1) is 0 Å². The van der Waals surface area contributed by atoms with Crippen LogP contribution in [0.4, 0.5) is 0 Å². The van der Waals surface area contributed by atoms with Gasteiger partial charge >= 0.3 is 11.9 Å². The van der Waals surface area contributed by atoms with E-state index in [0.29, 0.717) is 0 Å². The number of hydrogen-bond acceptors (Lipinski definition) is 4. The van der Waals surface area contributed by atoms with Crippen molar-refractivity contribution in [3.63, 3.8) is 0 Å². The fourth-order valence-corrected chi connectivity index (χ4v) is 1.22. The molecule has 1 aliphatic rings. The van der Waals surface area contributed by atoms with E-state index < -0.39 is 17.5 Å². The molecule has 0 saturated heterocycles. The molecular formula is C15H26O6. The molecule has 0 spiro atoms. The molecule has 21 heavy (non-hydrogen) atoms. The summed E-state index contributed by atoms with van der Waals surface area (Å²) < 4.78 is 0. The van der Waals surface area contributed by atoms with Gasteiger partial charge in [-0.05, 0) is 46.5 Å². The van der Waals surface area contributed by atoms with E-state index in [1.165, 1.54) is 13.8 Å². The van der Waals surface area contributed by atoms with Gasteiger partial charge < -0.3 is 20.4 Å². The second kappa shape index (κ2) is 10.1. The van der Waals surface area contributed by atoms with Crippen LogP contribution in [0.15, 0.2) is 24.3 Å². The summed E-state index contributed by atoms with van der Waals surface area (Å²) >= 11 is 0. The van der Waals surface area contributed by atoms with E-state index in [1.54, 1.807) is 0 Å². The summed E-state index contributed by atoms with van der Waals surface area (Å²) in [5.41, 5.74) is -0.149. The Morgan fingerprint density at radius 1 is 1.00 bits per heavy atom. The van der Waals surface area contributed by atoms with Gasteiger partial charge in [0.2, 0.25) is 0 Å². The van der Waals surface area contributed by atoms with E-state index in [4.69, 9.17) is 15.3 Å². The zero-order chi connectivity index (χ0) is 17.2. The molecule has 0 aliphatic heterocycles. The second-order valence-corrected chi connectivity index (χ2v) is 5.40. The lowest BCUT2D eigenvalue weighted by Gasteiger charge is -2.30. The van der Waals surface area contributed by atoms with Crippen LogP contribution in [0.3, 0.4) is 0 Å². The van der Waals surface area contributed by atoms with Gasteiger partial charge in [-0.25, -0.2) is 9.59 Å². The SMILES string of the molecule is C=C(C)C(=O)O.C=C(C)C(=O)O.CC1(O)CCC(O)CC1. The van der Waals surface area contributed by atoms with E-state index in [9.17, 15) is 14.7 Å². The monoisotopic (exact) mass is 302 g/mol. The molecule has 6 nitrogen and oxygen atoms in total. The maximum Gasteiger partial charge on any atom is 0.330 e. The minimum Gasteiger partial charge on any atom is -0.478 e. The summed E-state index contributed by atoms with van der Waals surface area (Å²) in [5.74, 6) is -1.87. The van der Waals surface area contributed by atoms with Crippen molar-refractivity contribution in [2.75, 3.05) is 0 Å². The summed E-state index contributed by atoms with van der Waals surface area (Å²) in [6.45, 7) is 11.0. The molecular weight excluding hydrogens is 276 g/mol. The number of carboxylic acid groups (broad SMARTS) is 2. The Balaban J connectivity index is 0. The molecule has 1 aliphatic carbocycles. The Morgan fingerprint density at radius 3 is 1.38 bits per heavy atom. The van der Waals surface area contributed by atoms with Gasteiger partial charge in [-0.1, -0.05) is 13.2 Å². The Bertz CT molecular complexity index is 326. The Hall–Kier alpha value is -1.66. The van der Waals surface area contributed by atoms with Crippen LogP contribution in [0.5, 0.6) is 0 Å². The third-order valence-corrected chi connectivity index (χ3v) is 2.76. The van der Waals surface area contributed by atoms with Gasteiger partial charge in [-0.2, -0.15) is 0 Å². The molecule has 0 heterocycles. The quantitative estimate of drug-likeness (QED) is 0.580. The largest absolute Gasteiger partial charge is 0.478 e. The highest BCUT2D eigenvalue weighted by Gasteiger charge is 2.27. The van der Waals surface area contributed by atoms with E-state index in [2.05, 4.69) is 13.2 Å². The lowest BCUT2D eigenvalue weighted by atomic mass is 9.85. The Kier molecular flexibility index (Phi) is 10.4. The van der Waals surface area contributed by atoms with E-state index in [-0.39, 0.29) is 17.3 Å². The van der Waals surface area contributed by atoms with E-state index in [0.717, 1.165) is 25.7 Å². The van der Waals surface area contributed by atoms with Gasteiger partial charge in [0.05, 0.1) is 11.7 Å². The first-order valence-corrected chi connectivity index (χ1v) is 6.57. The Morgan fingerprint density at radius 2 is 1.24 bits per heavy atom. The van der Waals surface area contributed by atoms with E-state index in [1.807, 2.05) is 6.92 Å².